The van der Waals surface area contributed by atoms with Crippen LogP contribution in [0.25, 0.3) is 0 Å². The summed E-state index contributed by atoms with van der Waals surface area (Å²) in [7, 11) is 3.65. The van der Waals surface area contributed by atoms with Crippen molar-refractivity contribution in [3.63, 3.8) is 0 Å². The van der Waals surface area contributed by atoms with E-state index in [0.29, 0.717) is 0 Å². The molecule has 0 atom stereocenters. The molecule has 1 rings (SSSR count). The predicted octanol–water partition coefficient (Wildman–Crippen LogP) is 1.12. The molecular formula is C15H22N2O5. The van der Waals surface area contributed by atoms with Crippen molar-refractivity contribution in [2.75, 3.05) is 14.1 Å². The van der Waals surface area contributed by atoms with Gasteiger partial charge in [-0.05, 0) is 40.1 Å². The molecule has 0 heterocycles. The second-order valence-corrected chi connectivity index (χ2v) is 5.21. The highest BCUT2D eigenvalue weighted by atomic mass is 16.5. The maximum Gasteiger partial charge on any atom is 0.339 e. The molecule has 0 spiro atoms. The molecular weight excluding hydrogens is 288 g/mol. The zero-order valence-electron chi connectivity index (χ0n) is 13.4. The average Bonchev–Trinajstić information content (AvgIpc) is 2.38. The third kappa shape index (κ3) is 5.92. The molecule has 0 aliphatic heterocycles. The lowest BCUT2D eigenvalue weighted by molar-refractivity contribution is -0.132. The minimum atomic E-state index is -1.11. The number of ether oxygens (including phenoxy) is 1. The fourth-order valence-corrected chi connectivity index (χ4v) is 1.11. The lowest BCUT2D eigenvalue weighted by Gasteiger charge is -2.28. The van der Waals surface area contributed by atoms with Crippen LogP contribution in [-0.2, 0) is 9.59 Å². The van der Waals surface area contributed by atoms with Gasteiger partial charge in [-0.2, -0.15) is 0 Å². The Morgan fingerprint density at radius 1 is 1.18 bits per heavy atom. The maximum atomic E-state index is 10.6. The number of aromatic carboxylic acids is 1. The molecule has 1 amide bonds. The van der Waals surface area contributed by atoms with Gasteiger partial charge in [0.25, 0.3) is 0 Å². The molecule has 7 nitrogen and oxygen atoms in total. The van der Waals surface area contributed by atoms with E-state index in [2.05, 4.69) is 4.74 Å². The number of carbonyl (C=O) groups is 3. The highest BCUT2D eigenvalue weighted by molar-refractivity contribution is 5.91. The number of hydrogen-bond donors (Lipinski definition) is 2. The molecule has 7 heteroatoms. The molecule has 0 bridgehead atoms. The van der Waals surface area contributed by atoms with Gasteiger partial charge >= 0.3 is 11.9 Å². The molecule has 0 saturated carbocycles. The minimum absolute atomic E-state index is 0.0160. The van der Waals surface area contributed by atoms with Crippen molar-refractivity contribution >= 4 is 17.8 Å². The quantitative estimate of drug-likeness (QED) is 0.637. The van der Waals surface area contributed by atoms with Gasteiger partial charge in [-0.1, -0.05) is 12.1 Å². The average molecular weight is 310 g/mol. The summed E-state index contributed by atoms with van der Waals surface area (Å²) in [5.74, 6) is -1.87. The Labute approximate surface area is 129 Å². The van der Waals surface area contributed by atoms with Crippen LogP contribution in [0.15, 0.2) is 24.3 Å². The van der Waals surface area contributed by atoms with Gasteiger partial charge in [0, 0.05) is 6.92 Å². The van der Waals surface area contributed by atoms with Crippen molar-refractivity contribution in [3.8, 4) is 5.75 Å². The molecule has 0 aromatic heterocycles. The van der Waals surface area contributed by atoms with Gasteiger partial charge < -0.3 is 15.6 Å². The molecule has 0 fully saturated rings. The summed E-state index contributed by atoms with van der Waals surface area (Å²) >= 11 is 0. The Hall–Kier alpha value is -2.41. The van der Waals surface area contributed by atoms with E-state index in [1.54, 1.807) is 30.9 Å². The number of carboxylic acids is 1. The van der Waals surface area contributed by atoms with Gasteiger partial charge in [0.2, 0.25) is 5.91 Å². The lowest BCUT2D eigenvalue weighted by atomic mass is 10.0. The van der Waals surface area contributed by atoms with E-state index in [1.807, 2.05) is 14.1 Å². The van der Waals surface area contributed by atoms with E-state index in [1.165, 1.54) is 19.1 Å². The number of carboxylic acid groups (broad SMARTS) is 1. The van der Waals surface area contributed by atoms with Crippen molar-refractivity contribution in [3.05, 3.63) is 29.8 Å². The predicted molar refractivity (Wildman–Crippen MR) is 81.7 cm³/mol. The van der Waals surface area contributed by atoms with Crippen LogP contribution in [0.3, 0.4) is 0 Å². The zero-order valence-corrected chi connectivity index (χ0v) is 13.4. The highest BCUT2D eigenvalue weighted by Crippen LogP contribution is 2.17. The molecule has 0 radical (unpaired) electrons. The van der Waals surface area contributed by atoms with Crippen molar-refractivity contribution in [1.82, 2.24) is 4.90 Å². The van der Waals surface area contributed by atoms with Crippen LogP contribution >= 0.6 is 0 Å². The van der Waals surface area contributed by atoms with Crippen molar-refractivity contribution in [2.24, 2.45) is 5.73 Å². The molecule has 0 unspecified atom stereocenters. The van der Waals surface area contributed by atoms with Crippen LogP contribution in [0.2, 0.25) is 0 Å². The first-order valence-corrected chi connectivity index (χ1v) is 6.48. The van der Waals surface area contributed by atoms with Crippen LogP contribution in [0.4, 0.5) is 0 Å². The zero-order chi connectivity index (χ0) is 17.5. The summed E-state index contributed by atoms with van der Waals surface area (Å²) < 4.78 is 4.69. The molecule has 0 aliphatic rings. The van der Waals surface area contributed by atoms with Crippen LogP contribution in [0.1, 0.15) is 31.1 Å². The second-order valence-electron chi connectivity index (χ2n) is 5.21. The number of nitrogens with zero attached hydrogens (tertiary/aromatic N) is 1. The summed E-state index contributed by atoms with van der Waals surface area (Å²) in [6.45, 7) is 4.79. The molecule has 1 aromatic rings. The number of para-hydroxylation sites is 1. The Morgan fingerprint density at radius 3 is 2.00 bits per heavy atom. The Morgan fingerprint density at radius 2 is 1.68 bits per heavy atom. The normalized spacial score (nSPS) is 10.5. The summed E-state index contributed by atoms with van der Waals surface area (Å²) in [6, 6.07) is 5.98. The standard InChI is InChI=1S/C9H8O4.C6H14N2O/c1-6(10)13-8-5-3-2-4-7(8)9(11)12;1-6(2,5(7)9)8(3)4/h2-5H,1H3,(H,11,12);1-4H3,(H2,7,9). The van der Waals surface area contributed by atoms with Gasteiger partial charge in [-0.3, -0.25) is 14.5 Å². The summed E-state index contributed by atoms with van der Waals surface area (Å²) in [5.41, 5.74) is 4.55. The number of likely N-dealkylation sites (N-methyl/N-ethyl adjacent to an activating group) is 1. The van der Waals surface area contributed by atoms with E-state index in [4.69, 9.17) is 10.8 Å². The van der Waals surface area contributed by atoms with E-state index in [-0.39, 0.29) is 17.2 Å². The number of rotatable bonds is 4. The summed E-state index contributed by atoms with van der Waals surface area (Å²) in [4.78, 5) is 33.6. The Bertz CT molecular complexity index is 553. The van der Waals surface area contributed by atoms with E-state index in [9.17, 15) is 14.4 Å². The number of benzene rings is 1. The van der Waals surface area contributed by atoms with Gasteiger partial charge in [0.1, 0.15) is 11.3 Å². The fraction of sp³-hybridized carbons (Fsp3) is 0.400. The molecule has 1 aromatic carbocycles. The van der Waals surface area contributed by atoms with E-state index in [0.717, 1.165) is 0 Å². The van der Waals surface area contributed by atoms with Crippen LogP contribution in [-0.4, -0.2) is 47.5 Å². The Balaban J connectivity index is 0.000000433. The maximum absolute atomic E-state index is 10.6. The summed E-state index contributed by atoms with van der Waals surface area (Å²) in [6.07, 6.45) is 0. The molecule has 22 heavy (non-hydrogen) atoms. The first kappa shape index (κ1) is 19.6. The number of carbonyl (C=O) groups excluding carboxylic acids is 2. The third-order valence-corrected chi connectivity index (χ3v) is 3.09. The van der Waals surface area contributed by atoms with Crippen molar-refractivity contribution in [2.45, 2.75) is 26.3 Å². The van der Waals surface area contributed by atoms with Gasteiger partial charge in [-0.15, -0.1) is 0 Å². The minimum Gasteiger partial charge on any atom is -0.478 e. The summed E-state index contributed by atoms with van der Waals surface area (Å²) in [5, 5.41) is 8.69. The third-order valence-electron chi connectivity index (χ3n) is 3.09. The Kier molecular flexibility index (Phi) is 7.24. The second kappa shape index (κ2) is 8.14. The van der Waals surface area contributed by atoms with Crippen molar-refractivity contribution in [1.29, 1.82) is 0 Å². The molecule has 0 aliphatic carbocycles. The number of primary amides is 1. The highest BCUT2D eigenvalue weighted by Gasteiger charge is 2.26. The fourth-order valence-electron chi connectivity index (χ4n) is 1.11. The van der Waals surface area contributed by atoms with Crippen LogP contribution in [0.5, 0.6) is 5.75 Å². The van der Waals surface area contributed by atoms with Crippen molar-refractivity contribution < 1.29 is 24.2 Å². The number of amides is 1. The molecule has 3 N–H and O–H groups in total. The van der Waals surface area contributed by atoms with Crippen LogP contribution < -0.4 is 10.5 Å². The molecule has 122 valence electrons. The topological polar surface area (TPSA) is 110 Å². The van der Waals surface area contributed by atoms with Gasteiger partial charge in [-0.25, -0.2) is 4.79 Å². The SMILES string of the molecule is CC(=O)Oc1ccccc1C(=O)O.CN(C)C(C)(C)C(N)=O. The smallest absolute Gasteiger partial charge is 0.339 e. The number of nitrogens with two attached hydrogens (primary N) is 1. The first-order chi connectivity index (χ1) is 10.00. The molecule has 0 saturated heterocycles. The van der Waals surface area contributed by atoms with Gasteiger partial charge in [0.05, 0.1) is 5.54 Å². The number of esters is 1. The van der Waals surface area contributed by atoms with Gasteiger partial charge in [0.15, 0.2) is 0 Å². The largest absolute Gasteiger partial charge is 0.478 e. The monoisotopic (exact) mass is 310 g/mol. The first-order valence-electron chi connectivity index (χ1n) is 6.48. The lowest BCUT2D eigenvalue weighted by Crippen LogP contribution is -2.49. The van der Waals surface area contributed by atoms with E-state index >= 15 is 0 Å². The van der Waals surface area contributed by atoms with Crippen LogP contribution in [0, 0.1) is 0 Å². The number of hydrogen-bond acceptors (Lipinski definition) is 5. The van der Waals surface area contributed by atoms with E-state index < -0.39 is 17.5 Å².